The monoisotopic (exact) mass is 428 g/mol. The highest BCUT2D eigenvalue weighted by molar-refractivity contribution is 7.71. The molecule has 28 heavy (non-hydrogen) atoms. The van der Waals surface area contributed by atoms with Crippen molar-refractivity contribution >= 4 is 20.6 Å². The van der Waals surface area contributed by atoms with Gasteiger partial charge in [-0.1, -0.05) is 0 Å². The molecule has 0 radical (unpaired) electrons. The quantitative estimate of drug-likeness (QED) is 0.311. The number of aromatic nitrogens is 2. The smallest absolute Gasteiger partial charge is 0.254 e. The molecule has 0 aromatic carbocycles. The number of nitrogens with zero attached hydrogens (tertiary/aromatic N) is 2. The lowest BCUT2D eigenvalue weighted by Crippen LogP contribution is -2.44. The standard InChI is InChI=1S/C18H24N3O5PS/c1-11-10-21(16(28)20-14(11)22)13-9-17(26-27(4)24-6-5-19-2)7-12-8-18(12,23-3)15(17)25-13/h10,12-13,15H,5-9H2,1,3-4H3,(H,20,22,28)/t12-,13-,15+,17+,18-,27?/m1/s1/i3TD/t3?,12-,13-,15+,17+,18-,27?. The highest BCUT2D eigenvalue weighted by Gasteiger charge is 2.77. The van der Waals surface area contributed by atoms with Crippen molar-refractivity contribution < 1.29 is 21.3 Å². The number of fused-ring (bicyclic) bond motifs is 3. The number of hydrogen-bond donors (Lipinski definition) is 1. The second kappa shape index (κ2) is 7.28. The minimum absolute atomic E-state index is 0.165. The first-order valence-corrected chi connectivity index (χ1v) is 11.1. The molecular formula is C18H24N3O5PS. The molecule has 3 aliphatic rings. The van der Waals surface area contributed by atoms with Gasteiger partial charge < -0.3 is 23.4 Å². The van der Waals surface area contributed by atoms with E-state index in [4.69, 9.17) is 40.1 Å². The van der Waals surface area contributed by atoms with Gasteiger partial charge in [0.2, 0.25) is 6.54 Å². The molecule has 1 saturated heterocycles. The highest BCUT2D eigenvalue weighted by atomic mass is 32.1. The molecule has 2 saturated carbocycles. The summed E-state index contributed by atoms with van der Waals surface area (Å²) in [6.07, 6.45) is 2.62. The molecule has 7 atom stereocenters. The minimum atomic E-state index is -1.41. The van der Waals surface area contributed by atoms with E-state index < -0.39 is 39.0 Å². The van der Waals surface area contributed by atoms with Crippen LogP contribution >= 0.6 is 20.6 Å². The van der Waals surface area contributed by atoms with E-state index in [9.17, 15) is 4.79 Å². The Morgan fingerprint density at radius 2 is 2.46 bits per heavy atom. The van der Waals surface area contributed by atoms with E-state index in [0.717, 1.165) is 6.42 Å². The van der Waals surface area contributed by atoms with Gasteiger partial charge in [-0.05, 0) is 37.9 Å². The van der Waals surface area contributed by atoms with E-state index in [1.165, 1.54) is 0 Å². The highest BCUT2D eigenvalue weighted by Crippen LogP contribution is 2.70. The lowest BCUT2D eigenvalue weighted by molar-refractivity contribution is -0.113. The number of nitrogens with one attached hydrogen (secondary N) is 1. The van der Waals surface area contributed by atoms with Crippen LogP contribution < -0.4 is 5.56 Å². The molecule has 1 N–H and O–H groups in total. The fourth-order valence-electron chi connectivity index (χ4n) is 4.58. The van der Waals surface area contributed by atoms with Gasteiger partial charge in [-0.2, -0.15) is 0 Å². The van der Waals surface area contributed by atoms with Crippen molar-refractivity contribution in [2.75, 3.05) is 26.9 Å². The lowest BCUT2D eigenvalue weighted by atomic mass is 9.92. The molecule has 0 spiro atoms. The van der Waals surface area contributed by atoms with Crippen LogP contribution in [0.15, 0.2) is 11.0 Å². The zero-order chi connectivity index (χ0) is 21.7. The van der Waals surface area contributed by atoms with Crippen molar-refractivity contribution in [1.82, 2.24) is 9.55 Å². The Bertz CT molecular complexity index is 984. The molecule has 152 valence electrons. The van der Waals surface area contributed by atoms with Gasteiger partial charge in [0.05, 0.1) is 2.74 Å². The topological polar surface area (TPSA) is 79.1 Å². The third kappa shape index (κ3) is 3.17. The first-order valence-electron chi connectivity index (χ1n) is 10.2. The Morgan fingerprint density at radius 3 is 3.21 bits per heavy atom. The summed E-state index contributed by atoms with van der Waals surface area (Å²) in [5.41, 5.74) is -1.12. The summed E-state index contributed by atoms with van der Waals surface area (Å²) in [4.78, 5) is 17.8. The van der Waals surface area contributed by atoms with Crippen LogP contribution in [0.2, 0.25) is 0 Å². The number of aromatic amines is 1. The van der Waals surface area contributed by atoms with Gasteiger partial charge in [0, 0.05) is 31.9 Å². The van der Waals surface area contributed by atoms with E-state index in [2.05, 4.69) is 9.83 Å². The van der Waals surface area contributed by atoms with E-state index >= 15 is 0 Å². The summed E-state index contributed by atoms with van der Waals surface area (Å²) in [5, 5.41) is 0. The maximum absolute atomic E-state index is 11.9. The first-order chi connectivity index (χ1) is 14.2. The van der Waals surface area contributed by atoms with Gasteiger partial charge in [-0.3, -0.25) is 14.3 Å². The molecule has 2 heterocycles. The minimum Gasteiger partial charge on any atom is -0.375 e. The van der Waals surface area contributed by atoms with Gasteiger partial charge in [-0.15, -0.1) is 0 Å². The molecule has 1 aliphatic heterocycles. The Balaban J connectivity index is 1.62. The third-order valence-corrected chi connectivity index (χ3v) is 7.37. The molecule has 2 aliphatic carbocycles. The SMILES string of the molecule is [2H]C([3H])O[C@]12C[C@H]1C[C@]1(OP(C)OCC[N+]#[C-])C[C@H](n3cc(C)c(=O)[nH]c3=S)O[C@@H]12. The van der Waals surface area contributed by atoms with Gasteiger partial charge in [0.25, 0.3) is 5.56 Å². The molecular weight excluding hydrogens is 401 g/mol. The van der Waals surface area contributed by atoms with Crippen LogP contribution in [0.4, 0.5) is 0 Å². The summed E-state index contributed by atoms with van der Waals surface area (Å²) in [5.74, 6) is 0.165. The van der Waals surface area contributed by atoms with Crippen molar-refractivity contribution in [1.29, 1.82) is 0 Å². The molecule has 4 rings (SSSR count). The third-order valence-electron chi connectivity index (χ3n) is 5.89. The van der Waals surface area contributed by atoms with Gasteiger partial charge in [0.15, 0.2) is 13.1 Å². The van der Waals surface area contributed by atoms with Crippen LogP contribution in [0.1, 0.15) is 33.8 Å². The van der Waals surface area contributed by atoms with Crippen LogP contribution in [-0.2, 0) is 18.5 Å². The summed E-state index contributed by atoms with van der Waals surface area (Å²) in [7, 11) is -2.67. The number of rotatable bonds is 7. The van der Waals surface area contributed by atoms with Crippen LogP contribution in [-0.4, -0.2) is 53.7 Å². The summed E-state index contributed by atoms with van der Waals surface area (Å²) in [6, 6.07) is 0. The maximum atomic E-state index is 11.9. The summed E-state index contributed by atoms with van der Waals surface area (Å²) in [6.45, 7) is 11.0. The van der Waals surface area contributed by atoms with Crippen LogP contribution in [0, 0.1) is 24.2 Å². The van der Waals surface area contributed by atoms with Gasteiger partial charge in [-0.25, -0.2) is 6.57 Å². The van der Waals surface area contributed by atoms with E-state index in [0.29, 0.717) is 25.0 Å². The van der Waals surface area contributed by atoms with Crippen LogP contribution in [0.25, 0.3) is 4.85 Å². The van der Waals surface area contributed by atoms with Crippen molar-refractivity contribution in [2.24, 2.45) is 5.92 Å². The predicted octanol–water partition coefficient (Wildman–Crippen LogP) is 2.94. The average molecular weight is 428 g/mol. The van der Waals surface area contributed by atoms with Crippen molar-refractivity contribution in [3.05, 3.63) is 38.3 Å². The molecule has 0 amide bonds. The number of hydrogen-bond acceptors (Lipinski definition) is 6. The van der Waals surface area contributed by atoms with Gasteiger partial charge >= 0.3 is 0 Å². The van der Waals surface area contributed by atoms with Crippen molar-refractivity contribution in [2.45, 2.75) is 49.7 Å². The molecule has 1 aromatic heterocycles. The summed E-state index contributed by atoms with van der Waals surface area (Å²) < 4.78 is 41.4. The summed E-state index contributed by atoms with van der Waals surface area (Å²) >= 11 is 5.35. The van der Waals surface area contributed by atoms with Gasteiger partial charge in [0.1, 0.15) is 30.1 Å². The number of ether oxygens (including phenoxy) is 2. The second-order valence-corrected chi connectivity index (χ2v) is 9.35. The average Bonchev–Trinajstić information content (AvgIpc) is 3.07. The fourth-order valence-corrected chi connectivity index (χ4v) is 5.99. The Kier molecular flexibility index (Phi) is 4.60. The fraction of sp³-hybridized carbons (Fsp3) is 0.722. The first kappa shape index (κ1) is 17.7. The second-order valence-electron chi connectivity index (χ2n) is 7.64. The molecule has 3 fully saturated rings. The predicted molar refractivity (Wildman–Crippen MR) is 106 cm³/mol. The normalized spacial score (nSPS) is 38.7. The molecule has 2 unspecified atom stereocenters. The van der Waals surface area contributed by atoms with Crippen molar-refractivity contribution in [3.8, 4) is 0 Å². The Labute approximate surface area is 172 Å². The largest absolute Gasteiger partial charge is 0.375 e. The van der Waals surface area contributed by atoms with Crippen LogP contribution in [0.5, 0.6) is 0 Å². The molecule has 8 nitrogen and oxygen atoms in total. The number of H-pyrrole nitrogens is 1. The lowest BCUT2D eigenvalue weighted by Gasteiger charge is -2.34. The molecule has 0 bridgehead atoms. The number of aryl methyl sites for hydroxylation is 1. The zero-order valence-corrected chi connectivity index (χ0v) is 17.4. The van der Waals surface area contributed by atoms with Crippen LogP contribution in [0.3, 0.4) is 0 Å². The molecule has 10 heteroatoms. The van der Waals surface area contributed by atoms with E-state index in [1.54, 1.807) is 17.7 Å². The van der Waals surface area contributed by atoms with E-state index in [-0.39, 0.29) is 22.8 Å². The van der Waals surface area contributed by atoms with E-state index in [1.807, 2.05) is 6.66 Å². The molecule has 1 aromatic rings. The Hall–Kier alpha value is -1.14. The Morgan fingerprint density at radius 1 is 1.64 bits per heavy atom. The number of methoxy groups -OCH3 is 1. The van der Waals surface area contributed by atoms with Crippen molar-refractivity contribution in [3.63, 3.8) is 0 Å². The zero-order valence-electron chi connectivity index (χ0n) is 17.7. The maximum Gasteiger partial charge on any atom is 0.254 e.